The van der Waals surface area contributed by atoms with Gasteiger partial charge in [0, 0.05) is 17.8 Å². The molecule has 0 bridgehead atoms. The van der Waals surface area contributed by atoms with Crippen molar-refractivity contribution in [3.8, 4) is 0 Å². The molecule has 4 aliphatic carbocycles. The zero-order valence-electron chi connectivity index (χ0n) is 31.0. The average Bonchev–Trinajstić information content (AvgIpc) is 3.44. The largest absolute Gasteiger partial charge is 0.299 e. The van der Waals surface area contributed by atoms with Gasteiger partial charge in [-0.2, -0.15) is 0 Å². The number of hydrogen-bond acceptors (Lipinski definition) is 2. The minimum atomic E-state index is 0.141. The second-order valence-electron chi connectivity index (χ2n) is 16.7. The van der Waals surface area contributed by atoms with Crippen molar-refractivity contribution in [1.82, 2.24) is 4.90 Å². The van der Waals surface area contributed by atoms with Crippen LogP contribution in [0.2, 0.25) is 0 Å². The first-order valence-electron chi connectivity index (χ1n) is 18.8. The van der Waals surface area contributed by atoms with Gasteiger partial charge in [-0.3, -0.25) is 9.69 Å². The average molecular weight is 654 g/mol. The van der Waals surface area contributed by atoms with Crippen molar-refractivity contribution >= 4 is 16.9 Å². The number of rotatable bonds is 12. The van der Waals surface area contributed by atoms with Crippen molar-refractivity contribution in [3.63, 3.8) is 0 Å². The molecule has 0 N–H and O–H groups in total. The van der Waals surface area contributed by atoms with Crippen LogP contribution in [0, 0.1) is 34.5 Å². The number of benzene rings is 2. The Kier molecular flexibility index (Phi) is 10.1. The summed E-state index contributed by atoms with van der Waals surface area (Å²) in [7, 11) is 4.20. The number of Topliss-reactive ketones (excluding diaryl/α,β-unsaturated/α-hetero) is 1. The first kappa shape index (κ1) is 35.3. The summed E-state index contributed by atoms with van der Waals surface area (Å²) in [5.74, 6) is 2.74. The maximum Gasteiger partial charge on any atom is 0.136 e. The highest BCUT2D eigenvalue weighted by Gasteiger charge is 2.59. The van der Waals surface area contributed by atoms with Crippen LogP contribution in [0.15, 0.2) is 110 Å². The zero-order valence-corrected chi connectivity index (χ0v) is 31.0. The summed E-state index contributed by atoms with van der Waals surface area (Å²) in [6.45, 7) is 24.2. The highest BCUT2D eigenvalue weighted by molar-refractivity contribution is 5.84. The van der Waals surface area contributed by atoms with E-state index >= 15 is 0 Å². The lowest BCUT2D eigenvalue weighted by Gasteiger charge is -2.57. The summed E-state index contributed by atoms with van der Waals surface area (Å²) in [6.07, 6.45) is 17.4. The molecule has 2 aromatic rings. The lowest BCUT2D eigenvalue weighted by Crippen LogP contribution is -2.50. The van der Waals surface area contributed by atoms with Gasteiger partial charge >= 0.3 is 0 Å². The first-order valence-corrected chi connectivity index (χ1v) is 18.8. The van der Waals surface area contributed by atoms with Gasteiger partial charge in [0.25, 0.3) is 0 Å². The van der Waals surface area contributed by atoms with Crippen molar-refractivity contribution in [2.24, 2.45) is 34.5 Å². The Labute approximate surface area is 297 Å². The van der Waals surface area contributed by atoms with E-state index in [1.54, 1.807) is 5.57 Å². The van der Waals surface area contributed by atoms with E-state index in [1.165, 1.54) is 48.8 Å². The topological polar surface area (TPSA) is 20.3 Å². The molecule has 0 heterocycles. The van der Waals surface area contributed by atoms with E-state index in [2.05, 4.69) is 133 Å². The van der Waals surface area contributed by atoms with E-state index in [0.717, 1.165) is 59.5 Å². The number of allylic oxidation sites excluding steroid dienone is 7. The van der Waals surface area contributed by atoms with E-state index in [-0.39, 0.29) is 22.8 Å². The molecule has 3 saturated carbocycles. The predicted molar refractivity (Wildman–Crippen MR) is 209 cm³/mol. The number of carbonyl (C=O) groups is 1. The number of hydrogen-bond donors (Lipinski definition) is 0. The lowest BCUT2D eigenvalue weighted by molar-refractivity contribution is -0.129. The van der Waals surface area contributed by atoms with Gasteiger partial charge < -0.3 is 0 Å². The van der Waals surface area contributed by atoms with Gasteiger partial charge in [0.2, 0.25) is 0 Å². The summed E-state index contributed by atoms with van der Waals surface area (Å²) in [5, 5.41) is 0. The molecule has 7 atom stereocenters. The SMILES string of the molecule is C=C1C=CC2(C)C(=C1)CCC1C2CCC2(C)C(C(=O)CCC(=C)c3ccc(C(=C)CCc4ccc(C(C(=C)C)N(C)C)cc4)cc3)CCC12. The van der Waals surface area contributed by atoms with E-state index in [4.69, 9.17) is 0 Å². The Morgan fingerprint density at radius 2 is 1.51 bits per heavy atom. The van der Waals surface area contributed by atoms with Crippen LogP contribution in [-0.4, -0.2) is 24.8 Å². The molecule has 2 aromatic carbocycles. The summed E-state index contributed by atoms with van der Waals surface area (Å²) in [5.41, 5.74) is 11.3. The van der Waals surface area contributed by atoms with Crippen molar-refractivity contribution < 1.29 is 4.79 Å². The molecule has 0 spiro atoms. The summed E-state index contributed by atoms with van der Waals surface area (Å²) < 4.78 is 0. The predicted octanol–water partition coefficient (Wildman–Crippen LogP) is 11.8. The molecule has 3 fully saturated rings. The van der Waals surface area contributed by atoms with Crippen LogP contribution in [-0.2, 0) is 11.2 Å². The van der Waals surface area contributed by atoms with Gasteiger partial charge in [-0.1, -0.05) is 118 Å². The molecule has 2 heteroatoms. The Bertz CT molecular complexity index is 1680. The second-order valence-corrected chi connectivity index (χ2v) is 16.7. The van der Waals surface area contributed by atoms with Crippen LogP contribution in [0.1, 0.15) is 107 Å². The van der Waals surface area contributed by atoms with E-state index < -0.39 is 0 Å². The Hall–Kier alpha value is -3.49. The van der Waals surface area contributed by atoms with Crippen molar-refractivity contribution in [1.29, 1.82) is 0 Å². The number of ketones is 1. The van der Waals surface area contributed by atoms with Crippen LogP contribution in [0.5, 0.6) is 0 Å². The van der Waals surface area contributed by atoms with Gasteiger partial charge in [0.15, 0.2) is 0 Å². The van der Waals surface area contributed by atoms with Gasteiger partial charge in [0.05, 0.1) is 6.04 Å². The lowest BCUT2D eigenvalue weighted by atomic mass is 9.47. The maximum absolute atomic E-state index is 13.9. The maximum atomic E-state index is 13.9. The number of aryl methyl sites for hydroxylation is 1. The molecular weight excluding hydrogens is 595 g/mol. The molecule has 0 aromatic heterocycles. The van der Waals surface area contributed by atoms with Crippen LogP contribution < -0.4 is 0 Å². The molecule has 7 unspecified atom stereocenters. The number of nitrogens with zero attached hydrogens (tertiary/aromatic N) is 1. The van der Waals surface area contributed by atoms with Crippen molar-refractivity contribution in [2.75, 3.05) is 14.1 Å². The van der Waals surface area contributed by atoms with Crippen LogP contribution in [0.4, 0.5) is 0 Å². The molecule has 0 amide bonds. The minimum absolute atomic E-state index is 0.141. The van der Waals surface area contributed by atoms with E-state index in [0.29, 0.717) is 24.0 Å². The number of likely N-dealkylation sites (N-methyl/N-ethyl adjacent to an activating group) is 1. The van der Waals surface area contributed by atoms with Crippen molar-refractivity contribution in [2.45, 2.75) is 91.0 Å². The van der Waals surface area contributed by atoms with Gasteiger partial charge in [-0.05, 0) is 141 Å². The second kappa shape index (κ2) is 14.0. The quantitative estimate of drug-likeness (QED) is 0.212. The van der Waals surface area contributed by atoms with Crippen LogP contribution in [0.25, 0.3) is 11.1 Å². The summed E-state index contributed by atoms with van der Waals surface area (Å²) in [6, 6.07) is 17.8. The molecule has 6 rings (SSSR count). The Morgan fingerprint density at radius 1 is 0.857 bits per heavy atom. The highest BCUT2D eigenvalue weighted by atomic mass is 16.1. The molecule has 258 valence electrons. The molecule has 0 saturated heterocycles. The standard InChI is InChI=1S/C47H59NO/c1-31(2)45(48(8)9)38-15-13-35(14-16-38)12-10-33(4)36-17-19-37(20-18-36)34(5)11-25-44(49)43-24-23-41-40-22-21-39-30-32(3)26-28-46(39,6)42(40)27-29-47(41,43)7/h13-20,26,28,30,40-43,45H,1,3-5,10-12,21-25,27,29H2,2,6-9H3. The molecule has 4 aliphatic rings. The third kappa shape index (κ3) is 6.83. The molecule has 2 nitrogen and oxygen atoms in total. The molecule has 0 aliphatic heterocycles. The first-order chi connectivity index (χ1) is 23.3. The van der Waals surface area contributed by atoms with Gasteiger partial charge in [-0.15, -0.1) is 0 Å². The number of fused-ring (bicyclic) bond motifs is 5. The van der Waals surface area contributed by atoms with Crippen LogP contribution >= 0.6 is 0 Å². The van der Waals surface area contributed by atoms with Gasteiger partial charge in [-0.25, -0.2) is 0 Å². The Balaban J connectivity index is 1.00. The summed E-state index contributed by atoms with van der Waals surface area (Å²) in [4.78, 5) is 16.1. The fourth-order valence-corrected chi connectivity index (χ4v) is 10.7. The third-order valence-electron chi connectivity index (χ3n) is 13.4. The molecular formula is C47H59NO. The smallest absolute Gasteiger partial charge is 0.136 e. The summed E-state index contributed by atoms with van der Waals surface area (Å²) >= 11 is 0. The Morgan fingerprint density at radius 3 is 2.14 bits per heavy atom. The molecule has 49 heavy (non-hydrogen) atoms. The molecule has 0 radical (unpaired) electrons. The fourth-order valence-electron chi connectivity index (χ4n) is 10.7. The highest BCUT2D eigenvalue weighted by Crippen LogP contribution is 2.66. The minimum Gasteiger partial charge on any atom is -0.299 e. The van der Waals surface area contributed by atoms with E-state index in [9.17, 15) is 4.79 Å². The van der Waals surface area contributed by atoms with E-state index in [1.807, 2.05) is 0 Å². The zero-order chi connectivity index (χ0) is 35.1. The third-order valence-corrected chi connectivity index (χ3v) is 13.4. The normalized spacial score (nSPS) is 29.4. The fraction of sp³-hybridized carbons (Fsp3) is 0.468. The number of carbonyl (C=O) groups excluding carboxylic acids is 1. The van der Waals surface area contributed by atoms with Gasteiger partial charge in [0.1, 0.15) is 5.78 Å². The monoisotopic (exact) mass is 653 g/mol. The van der Waals surface area contributed by atoms with Crippen LogP contribution in [0.3, 0.4) is 0 Å². The van der Waals surface area contributed by atoms with Crippen molar-refractivity contribution in [3.05, 3.63) is 132 Å².